The van der Waals surface area contributed by atoms with Crippen molar-refractivity contribution in [3.05, 3.63) is 0 Å². The van der Waals surface area contributed by atoms with Crippen LogP contribution < -0.4 is 0 Å². The highest BCUT2D eigenvalue weighted by molar-refractivity contribution is 5.99. The van der Waals surface area contributed by atoms with E-state index in [9.17, 15) is 14.7 Å². The Labute approximate surface area is 115 Å². The van der Waals surface area contributed by atoms with Crippen LogP contribution in [0.4, 0.5) is 0 Å². The monoisotopic (exact) mass is 274 g/mol. The minimum Gasteiger partial charge on any atom is -0.480 e. The molecule has 0 saturated carbocycles. The number of carbonyl (C=O) groups is 2. The van der Waals surface area contributed by atoms with Gasteiger partial charge in [-0.1, -0.05) is 27.7 Å². The maximum atomic E-state index is 12.0. The van der Waals surface area contributed by atoms with Gasteiger partial charge < -0.3 is 14.6 Å². The zero-order chi connectivity index (χ0) is 15.1. The van der Waals surface area contributed by atoms with Crippen LogP contribution in [0.1, 0.15) is 41.0 Å². The quantitative estimate of drug-likeness (QED) is 0.397. The van der Waals surface area contributed by atoms with E-state index in [0.29, 0.717) is 12.5 Å². The summed E-state index contributed by atoms with van der Waals surface area (Å²) >= 11 is 0. The SMILES string of the molecule is CCOC(=O)C(CCOCC(C)C)(C(=O)O)C(C)C. The van der Waals surface area contributed by atoms with Crippen molar-refractivity contribution >= 4 is 11.9 Å². The van der Waals surface area contributed by atoms with Gasteiger partial charge in [-0.05, 0) is 25.2 Å². The molecule has 0 aliphatic rings. The second kappa shape index (κ2) is 8.15. The minimum absolute atomic E-state index is 0.131. The second-order valence-corrected chi connectivity index (χ2v) is 5.37. The first-order valence-electron chi connectivity index (χ1n) is 6.77. The molecule has 0 aromatic rings. The molecule has 0 fully saturated rings. The van der Waals surface area contributed by atoms with Crippen molar-refractivity contribution in [3.8, 4) is 0 Å². The Bertz CT molecular complexity index is 298. The molecule has 5 nitrogen and oxygen atoms in total. The first-order valence-corrected chi connectivity index (χ1v) is 6.77. The lowest BCUT2D eigenvalue weighted by molar-refractivity contribution is -0.174. The van der Waals surface area contributed by atoms with Gasteiger partial charge in [0, 0.05) is 13.2 Å². The van der Waals surface area contributed by atoms with E-state index in [1.807, 2.05) is 13.8 Å². The Hall–Kier alpha value is -1.10. The highest BCUT2D eigenvalue weighted by Crippen LogP contribution is 2.34. The van der Waals surface area contributed by atoms with Crippen molar-refractivity contribution in [2.45, 2.75) is 41.0 Å². The molecule has 0 aromatic carbocycles. The summed E-state index contributed by atoms with van der Waals surface area (Å²) in [6.45, 7) is 10.1. The molecule has 0 radical (unpaired) electrons. The maximum absolute atomic E-state index is 12.0. The van der Waals surface area contributed by atoms with E-state index in [1.165, 1.54) is 0 Å². The van der Waals surface area contributed by atoms with Gasteiger partial charge in [0.05, 0.1) is 6.61 Å². The maximum Gasteiger partial charge on any atom is 0.323 e. The Balaban J connectivity index is 4.84. The first kappa shape index (κ1) is 17.9. The molecule has 0 heterocycles. The van der Waals surface area contributed by atoms with Gasteiger partial charge in [0.15, 0.2) is 5.41 Å². The molecule has 1 N–H and O–H groups in total. The van der Waals surface area contributed by atoms with Crippen LogP contribution in [0.2, 0.25) is 0 Å². The molecule has 0 saturated heterocycles. The molecule has 19 heavy (non-hydrogen) atoms. The van der Waals surface area contributed by atoms with Gasteiger partial charge in [0.1, 0.15) is 0 Å². The van der Waals surface area contributed by atoms with Gasteiger partial charge in [-0.3, -0.25) is 9.59 Å². The lowest BCUT2D eigenvalue weighted by Crippen LogP contribution is -2.46. The van der Waals surface area contributed by atoms with Crippen molar-refractivity contribution in [1.82, 2.24) is 0 Å². The molecule has 0 rings (SSSR count). The normalized spacial score (nSPS) is 14.5. The molecule has 0 aliphatic heterocycles. The smallest absolute Gasteiger partial charge is 0.323 e. The van der Waals surface area contributed by atoms with Crippen LogP contribution in [0.3, 0.4) is 0 Å². The Morgan fingerprint density at radius 1 is 1.21 bits per heavy atom. The summed E-state index contributed by atoms with van der Waals surface area (Å²) in [5.74, 6) is -1.80. The minimum atomic E-state index is -1.52. The van der Waals surface area contributed by atoms with Crippen molar-refractivity contribution in [2.24, 2.45) is 17.3 Å². The summed E-state index contributed by atoms with van der Waals surface area (Å²) in [6, 6.07) is 0. The zero-order valence-electron chi connectivity index (χ0n) is 12.6. The molecule has 1 unspecified atom stereocenters. The Morgan fingerprint density at radius 3 is 2.16 bits per heavy atom. The van der Waals surface area contributed by atoms with E-state index < -0.39 is 17.4 Å². The third kappa shape index (κ3) is 4.82. The average molecular weight is 274 g/mol. The lowest BCUT2D eigenvalue weighted by Gasteiger charge is -2.30. The van der Waals surface area contributed by atoms with Crippen LogP contribution in [0.5, 0.6) is 0 Å². The number of carboxylic acids is 1. The summed E-state index contributed by atoms with van der Waals surface area (Å²) in [5, 5.41) is 9.44. The molecule has 0 bridgehead atoms. The molecule has 0 aliphatic carbocycles. The highest BCUT2D eigenvalue weighted by atomic mass is 16.5. The lowest BCUT2D eigenvalue weighted by atomic mass is 9.74. The standard InChI is InChI=1S/C14H26O5/c1-6-19-13(17)14(11(4)5,12(15)16)7-8-18-9-10(2)3/h10-11H,6-9H2,1-5H3,(H,15,16). The largest absolute Gasteiger partial charge is 0.480 e. The summed E-state index contributed by atoms with van der Waals surface area (Å²) in [4.78, 5) is 23.6. The summed E-state index contributed by atoms with van der Waals surface area (Å²) in [6.07, 6.45) is 0.131. The van der Waals surface area contributed by atoms with E-state index in [0.717, 1.165) is 0 Å². The van der Waals surface area contributed by atoms with E-state index in [1.54, 1.807) is 20.8 Å². The van der Waals surface area contributed by atoms with Crippen LogP contribution in [-0.4, -0.2) is 36.9 Å². The summed E-state index contributed by atoms with van der Waals surface area (Å²) in [5.41, 5.74) is -1.52. The van der Waals surface area contributed by atoms with Gasteiger partial charge in [0.2, 0.25) is 0 Å². The third-order valence-electron chi connectivity index (χ3n) is 3.10. The molecular weight excluding hydrogens is 248 g/mol. The molecular formula is C14H26O5. The summed E-state index contributed by atoms with van der Waals surface area (Å²) < 4.78 is 10.3. The summed E-state index contributed by atoms with van der Waals surface area (Å²) in [7, 11) is 0. The molecule has 0 spiro atoms. The molecule has 0 aromatic heterocycles. The predicted octanol–water partition coefficient (Wildman–Crippen LogP) is 2.34. The number of hydrogen-bond acceptors (Lipinski definition) is 4. The Morgan fingerprint density at radius 2 is 1.79 bits per heavy atom. The number of hydrogen-bond donors (Lipinski definition) is 1. The van der Waals surface area contributed by atoms with Gasteiger partial charge >= 0.3 is 11.9 Å². The van der Waals surface area contributed by atoms with E-state index in [4.69, 9.17) is 9.47 Å². The average Bonchev–Trinajstić information content (AvgIpc) is 2.27. The van der Waals surface area contributed by atoms with Gasteiger partial charge in [0.25, 0.3) is 0 Å². The van der Waals surface area contributed by atoms with Crippen LogP contribution in [0, 0.1) is 17.3 Å². The number of rotatable bonds is 9. The molecule has 5 heteroatoms. The Kier molecular flexibility index (Phi) is 7.68. The van der Waals surface area contributed by atoms with Crippen LogP contribution in [-0.2, 0) is 19.1 Å². The molecule has 1 atom stereocenters. The highest BCUT2D eigenvalue weighted by Gasteiger charge is 2.50. The van der Waals surface area contributed by atoms with Crippen molar-refractivity contribution in [3.63, 3.8) is 0 Å². The number of carbonyl (C=O) groups excluding carboxylic acids is 1. The van der Waals surface area contributed by atoms with Crippen molar-refractivity contribution < 1.29 is 24.2 Å². The fourth-order valence-electron chi connectivity index (χ4n) is 1.88. The second-order valence-electron chi connectivity index (χ2n) is 5.37. The fraction of sp³-hybridized carbons (Fsp3) is 0.857. The number of aliphatic carboxylic acids is 1. The molecule has 0 amide bonds. The van der Waals surface area contributed by atoms with Gasteiger partial charge in [-0.25, -0.2) is 0 Å². The van der Waals surface area contributed by atoms with Gasteiger partial charge in [-0.2, -0.15) is 0 Å². The van der Waals surface area contributed by atoms with Crippen LogP contribution >= 0.6 is 0 Å². The van der Waals surface area contributed by atoms with E-state index >= 15 is 0 Å². The van der Waals surface area contributed by atoms with E-state index in [-0.39, 0.29) is 25.6 Å². The zero-order valence-corrected chi connectivity index (χ0v) is 12.6. The number of esters is 1. The topological polar surface area (TPSA) is 72.8 Å². The van der Waals surface area contributed by atoms with Crippen molar-refractivity contribution in [2.75, 3.05) is 19.8 Å². The van der Waals surface area contributed by atoms with Crippen molar-refractivity contribution in [1.29, 1.82) is 0 Å². The predicted molar refractivity (Wildman–Crippen MR) is 71.8 cm³/mol. The van der Waals surface area contributed by atoms with E-state index in [2.05, 4.69) is 0 Å². The fourth-order valence-corrected chi connectivity index (χ4v) is 1.88. The van der Waals surface area contributed by atoms with Crippen LogP contribution in [0.15, 0.2) is 0 Å². The molecule has 112 valence electrons. The first-order chi connectivity index (χ1) is 8.78. The third-order valence-corrected chi connectivity index (χ3v) is 3.10. The number of carboxylic acid groups (broad SMARTS) is 1. The number of ether oxygens (including phenoxy) is 2. The van der Waals surface area contributed by atoms with Gasteiger partial charge in [-0.15, -0.1) is 0 Å². The van der Waals surface area contributed by atoms with Crippen LogP contribution in [0.25, 0.3) is 0 Å².